The molecule has 0 spiro atoms. The number of nitrogens with one attached hydrogen (secondary N) is 1. The lowest BCUT2D eigenvalue weighted by Gasteiger charge is -2.33. The van der Waals surface area contributed by atoms with Crippen LogP contribution in [0.3, 0.4) is 0 Å². The smallest absolute Gasteiger partial charge is 0.319 e. The maximum atomic E-state index is 12.4. The summed E-state index contributed by atoms with van der Waals surface area (Å²) in [6.07, 6.45) is 3.86. The summed E-state index contributed by atoms with van der Waals surface area (Å²) in [5, 5.41) is 6.87. The van der Waals surface area contributed by atoms with Gasteiger partial charge in [-0.1, -0.05) is 5.16 Å². The Labute approximate surface area is 147 Å². The number of carbonyl (C=O) groups excluding carboxylic acids is 2. The van der Waals surface area contributed by atoms with Gasteiger partial charge in [-0.25, -0.2) is 4.79 Å². The molecule has 3 rings (SSSR count). The molecular formula is C17H27N5O3. The average molecular weight is 349 g/mol. The Hall–Kier alpha value is -2.12. The van der Waals surface area contributed by atoms with Crippen LogP contribution in [-0.2, 0) is 10.3 Å². The van der Waals surface area contributed by atoms with E-state index in [4.69, 9.17) is 4.52 Å². The van der Waals surface area contributed by atoms with Crippen LogP contribution in [0.4, 0.5) is 4.79 Å². The molecule has 2 aliphatic heterocycles. The lowest BCUT2D eigenvalue weighted by molar-refractivity contribution is -0.120. The number of hydrogen-bond acceptors (Lipinski definition) is 5. The molecule has 0 bridgehead atoms. The van der Waals surface area contributed by atoms with E-state index < -0.39 is 5.54 Å². The molecule has 1 aromatic heterocycles. The van der Waals surface area contributed by atoms with E-state index in [0.717, 1.165) is 38.8 Å². The third-order valence-corrected chi connectivity index (χ3v) is 4.98. The summed E-state index contributed by atoms with van der Waals surface area (Å²) in [7, 11) is 0. The van der Waals surface area contributed by atoms with Crippen LogP contribution in [0, 0.1) is 0 Å². The van der Waals surface area contributed by atoms with E-state index in [9.17, 15) is 9.59 Å². The predicted molar refractivity (Wildman–Crippen MR) is 90.9 cm³/mol. The summed E-state index contributed by atoms with van der Waals surface area (Å²) < 4.78 is 5.44. The molecule has 138 valence electrons. The van der Waals surface area contributed by atoms with Gasteiger partial charge in [0.05, 0.1) is 5.54 Å². The Bertz CT molecular complexity index is 628. The molecule has 0 radical (unpaired) electrons. The van der Waals surface area contributed by atoms with Gasteiger partial charge < -0.3 is 19.6 Å². The molecule has 2 aliphatic rings. The van der Waals surface area contributed by atoms with E-state index >= 15 is 0 Å². The standard InChI is InChI=1S/C17H27N5O3/c1-12(23)19-17(2,3)15-18-14(25-20-15)13-6-10-22(11-7-13)16(24)21-8-4-5-9-21/h13H,4-11H2,1-3H3,(H,19,23). The second kappa shape index (κ2) is 7.01. The zero-order valence-corrected chi connectivity index (χ0v) is 15.2. The Morgan fingerprint density at radius 2 is 1.72 bits per heavy atom. The van der Waals surface area contributed by atoms with Crippen molar-refractivity contribution in [2.24, 2.45) is 0 Å². The van der Waals surface area contributed by atoms with E-state index in [1.54, 1.807) is 0 Å². The largest absolute Gasteiger partial charge is 0.344 e. The number of urea groups is 1. The Balaban J connectivity index is 1.58. The summed E-state index contributed by atoms with van der Waals surface area (Å²) in [6, 6.07) is 0.161. The van der Waals surface area contributed by atoms with Crippen LogP contribution in [-0.4, -0.2) is 58.1 Å². The van der Waals surface area contributed by atoms with E-state index in [2.05, 4.69) is 15.5 Å². The van der Waals surface area contributed by atoms with Crippen molar-refractivity contribution in [1.82, 2.24) is 25.3 Å². The fourth-order valence-electron chi connectivity index (χ4n) is 3.58. The van der Waals surface area contributed by atoms with Crippen LogP contribution in [0.15, 0.2) is 4.52 Å². The number of hydrogen-bond donors (Lipinski definition) is 1. The highest BCUT2D eigenvalue weighted by atomic mass is 16.5. The van der Waals surface area contributed by atoms with Crippen LogP contribution < -0.4 is 5.32 Å². The summed E-state index contributed by atoms with van der Waals surface area (Å²) >= 11 is 0. The first-order chi connectivity index (χ1) is 11.9. The molecule has 0 aromatic carbocycles. The second-order valence-electron chi connectivity index (χ2n) is 7.50. The highest BCUT2D eigenvalue weighted by Gasteiger charge is 2.33. The summed E-state index contributed by atoms with van der Waals surface area (Å²) in [6.45, 7) is 8.35. The molecule has 0 saturated carbocycles. The van der Waals surface area contributed by atoms with Gasteiger partial charge in [-0.05, 0) is 39.5 Å². The van der Waals surface area contributed by atoms with Gasteiger partial charge in [0.2, 0.25) is 11.8 Å². The first kappa shape index (κ1) is 17.7. The van der Waals surface area contributed by atoms with Crippen molar-refractivity contribution in [3.63, 3.8) is 0 Å². The number of nitrogens with zero attached hydrogens (tertiary/aromatic N) is 4. The summed E-state index contributed by atoms with van der Waals surface area (Å²) in [4.78, 5) is 32.1. The molecule has 3 heterocycles. The number of likely N-dealkylation sites (tertiary alicyclic amines) is 2. The van der Waals surface area contributed by atoms with Crippen LogP contribution >= 0.6 is 0 Å². The summed E-state index contributed by atoms with van der Waals surface area (Å²) in [5.41, 5.74) is -0.667. The Morgan fingerprint density at radius 1 is 1.12 bits per heavy atom. The lowest BCUT2D eigenvalue weighted by Crippen LogP contribution is -2.45. The quantitative estimate of drug-likeness (QED) is 0.899. The van der Waals surface area contributed by atoms with Crippen LogP contribution in [0.5, 0.6) is 0 Å². The number of aromatic nitrogens is 2. The molecule has 0 atom stereocenters. The van der Waals surface area contributed by atoms with Crippen molar-refractivity contribution in [1.29, 1.82) is 0 Å². The molecule has 3 amide bonds. The second-order valence-corrected chi connectivity index (χ2v) is 7.50. The molecule has 8 nitrogen and oxygen atoms in total. The van der Waals surface area contributed by atoms with Gasteiger partial charge in [-0.2, -0.15) is 4.98 Å². The number of carbonyl (C=O) groups is 2. The summed E-state index contributed by atoms with van der Waals surface area (Å²) in [5.74, 6) is 1.11. The molecule has 2 saturated heterocycles. The maximum Gasteiger partial charge on any atom is 0.319 e. The van der Waals surface area contributed by atoms with Crippen LogP contribution in [0.25, 0.3) is 0 Å². The third kappa shape index (κ3) is 3.93. The maximum absolute atomic E-state index is 12.4. The highest BCUT2D eigenvalue weighted by Crippen LogP contribution is 2.29. The van der Waals surface area contributed by atoms with Gasteiger partial charge in [0, 0.05) is 39.0 Å². The van der Waals surface area contributed by atoms with Gasteiger partial charge in [0.15, 0.2) is 5.82 Å². The van der Waals surface area contributed by atoms with Crippen LogP contribution in [0.2, 0.25) is 0 Å². The Morgan fingerprint density at radius 3 is 2.32 bits per heavy atom. The minimum atomic E-state index is -0.667. The molecule has 2 fully saturated rings. The topological polar surface area (TPSA) is 91.6 Å². The first-order valence-electron chi connectivity index (χ1n) is 9.03. The predicted octanol–water partition coefficient (Wildman–Crippen LogP) is 1.84. The Kier molecular flexibility index (Phi) is 4.96. The normalized spacial score (nSPS) is 19.3. The third-order valence-electron chi connectivity index (χ3n) is 4.98. The zero-order valence-electron chi connectivity index (χ0n) is 15.2. The van der Waals surface area contributed by atoms with Gasteiger partial charge in [0.1, 0.15) is 0 Å². The van der Waals surface area contributed by atoms with Gasteiger partial charge in [0.25, 0.3) is 0 Å². The van der Waals surface area contributed by atoms with Crippen LogP contribution in [0.1, 0.15) is 64.1 Å². The molecular weight excluding hydrogens is 322 g/mol. The number of amides is 3. The average Bonchev–Trinajstić information content (AvgIpc) is 3.25. The molecule has 8 heteroatoms. The van der Waals surface area contributed by atoms with Gasteiger partial charge in [-0.15, -0.1) is 0 Å². The molecule has 25 heavy (non-hydrogen) atoms. The van der Waals surface area contributed by atoms with Crippen molar-refractivity contribution < 1.29 is 14.1 Å². The SMILES string of the molecule is CC(=O)NC(C)(C)c1noc(C2CCN(C(=O)N3CCCC3)CC2)n1. The van der Waals surface area contributed by atoms with E-state index in [1.807, 2.05) is 23.6 Å². The lowest BCUT2D eigenvalue weighted by atomic mass is 9.96. The first-order valence-corrected chi connectivity index (χ1v) is 9.03. The fraction of sp³-hybridized carbons (Fsp3) is 0.765. The van der Waals surface area contributed by atoms with Crippen molar-refractivity contribution in [3.05, 3.63) is 11.7 Å². The van der Waals surface area contributed by atoms with E-state index in [1.165, 1.54) is 6.92 Å². The van der Waals surface area contributed by atoms with E-state index in [-0.39, 0.29) is 17.9 Å². The van der Waals surface area contributed by atoms with Crippen molar-refractivity contribution in [2.45, 2.75) is 57.9 Å². The zero-order chi connectivity index (χ0) is 18.0. The van der Waals surface area contributed by atoms with Crippen molar-refractivity contribution in [3.8, 4) is 0 Å². The monoisotopic (exact) mass is 349 g/mol. The van der Waals surface area contributed by atoms with E-state index in [0.29, 0.717) is 24.8 Å². The number of rotatable bonds is 3. The fourth-order valence-corrected chi connectivity index (χ4v) is 3.58. The van der Waals surface area contributed by atoms with Crippen molar-refractivity contribution >= 4 is 11.9 Å². The minimum Gasteiger partial charge on any atom is -0.344 e. The van der Waals surface area contributed by atoms with Gasteiger partial charge in [-0.3, -0.25) is 4.79 Å². The van der Waals surface area contributed by atoms with Gasteiger partial charge >= 0.3 is 6.03 Å². The number of piperidine rings is 1. The molecule has 1 N–H and O–H groups in total. The molecule has 0 aliphatic carbocycles. The minimum absolute atomic E-state index is 0.134. The molecule has 0 unspecified atom stereocenters. The van der Waals surface area contributed by atoms with Crippen molar-refractivity contribution in [2.75, 3.05) is 26.2 Å². The highest BCUT2D eigenvalue weighted by molar-refractivity contribution is 5.75. The molecule has 1 aromatic rings.